The van der Waals surface area contributed by atoms with Crippen molar-refractivity contribution in [1.29, 1.82) is 0 Å². The van der Waals surface area contributed by atoms with E-state index in [1.807, 2.05) is 0 Å². The average molecular weight is 734 g/mol. The molecule has 272 valence electrons. The molecule has 4 aromatic rings. The first kappa shape index (κ1) is 40.2. The van der Waals surface area contributed by atoms with Gasteiger partial charge in [-0.1, -0.05) is 221 Å². The smallest absolute Gasteiger partial charge is 0.235 e. The zero-order valence-electron chi connectivity index (χ0n) is 34.2. The van der Waals surface area contributed by atoms with Crippen molar-refractivity contribution < 1.29 is 4.34 Å². The van der Waals surface area contributed by atoms with Gasteiger partial charge in [-0.15, -0.1) is 10.9 Å². The van der Waals surface area contributed by atoms with Crippen LogP contribution in [0.3, 0.4) is 0 Å². The predicted octanol–water partition coefficient (Wildman–Crippen LogP) is 8.52. The molecule has 0 saturated carbocycles. The fraction of sp³-hybridized carbons (Fsp3) is 0.467. The molecule has 0 aliphatic carbocycles. The minimum atomic E-state index is -2.44. The Hall–Kier alpha value is -1.95. The fourth-order valence-electron chi connectivity index (χ4n) is 10.5. The van der Waals surface area contributed by atoms with Crippen molar-refractivity contribution in [3.8, 4) is 0 Å². The Morgan fingerprint density at radius 2 is 0.765 bits per heavy atom. The molecule has 1 aliphatic rings. The number of hydrogen-bond acceptors (Lipinski definition) is 1. The molecule has 1 nitrogen and oxygen atoms in total. The van der Waals surface area contributed by atoms with Gasteiger partial charge in [0.15, 0.2) is 14.7 Å². The van der Waals surface area contributed by atoms with Gasteiger partial charge in [0, 0.05) is 0 Å². The molecule has 0 fully saturated rings. The first-order valence-electron chi connectivity index (χ1n) is 19.9. The lowest BCUT2D eigenvalue weighted by Crippen LogP contribution is -2.87. The fourth-order valence-corrected chi connectivity index (χ4v) is 22.5. The Bertz CT molecular complexity index is 1700. The van der Waals surface area contributed by atoms with Gasteiger partial charge in [0.05, 0.1) is 0 Å². The van der Waals surface area contributed by atoms with Crippen molar-refractivity contribution in [2.75, 3.05) is 0 Å². The molecule has 0 N–H and O–H groups in total. The Balaban J connectivity index is 1.99. The summed E-state index contributed by atoms with van der Waals surface area (Å²) in [6.07, 6.45) is -1.80. The molecular formula is C45H65B2OP2Si-. The maximum atomic E-state index is 8.59. The van der Waals surface area contributed by atoms with Crippen LogP contribution in [0, 0.1) is 0 Å². The maximum Gasteiger partial charge on any atom is 0.235 e. The van der Waals surface area contributed by atoms with Crippen LogP contribution in [0.25, 0.3) is 0 Å². The second-order valence-electron chi connectivity index (χ2n) is 17.2. The normalized spacial score (nSPS) is 14.7. The monoisotopic (exact) mass is 733 g/mol. The van der Waals surface area contributed by atoms with Crippen LogP contribution in [-0.4, -0.2) is 44.0 Å². The Kier molecular flexibility index (Phi) is 12.8. The lowest BCUT2D eigenvalue weighted by atomic mass is 9.17. The highest BCUT2D eigenvalue weighted by atomic mass is 31.1. The Morgan fingerprint density at radius 1 is 0.431 bits per heavy atom. The highest BCUT2D eigenvalue weighted by Gasteiger charge is 2.52. The molecule has 0 unspecified atom stereocenters. The van der Waals surface area contributed by atoms with Crippen molar-refractivity contribution in [2.45, 2.75) is 136 Å². The summed E-state index contributed by atoms with van der Waals surface area (Å²) in [6, 6.07) is 38.0. The summed E-state index contributed by atoms with van der Waals surface area (Å²) in [6.45, 7) is 34.4. The molecule has 0 amide bonds. The molecule has 0 aromatic heterocycles. The van der Waals surface area contributed by atoms with Gasteiger partial charge >= 0.3 is 0 Å². The third-order valence-electron chi connectivity index (χ3n) is 12.0. The van der Waals surface area contributed by atoms with E-state index < -0.39 is 22.6 Å². The number of rotatable bonds is 13. The Labute approximate surface area is 316 Å². The molecule has 51 heavy (non-hydrogen) atoms. The minimum absolute atomic E-state index is 0.145. The van der Waals surface area contributed by atoms with Crippen LogP contribution >= 0.6 is 15.8 Å². The van der Waals surface area contributed by atoms with Gasteiger partial charge in [-0.3, -0.25) is 0 Å². The van der Waals surface area contributed by atoms with E-state index in [-0.39, 0.29) is 14.6 Å². The summed E-state index contributed by atoms with van der Waals surface area (Å²) in [5.74, 6) is 0. The van der Waals surface area contributed by atoms with Gasteiger partial charge in [0.1, 0.15) is 0 Å². The first-order valence-corrected chi connectivity index (χ1v) is 25.0. The lowest BCUT2D eigenvalue weighted by molar-refractivity contribution is 0.492. The molecule has 0 atom stereocenters. The summed E-state index contributed by atoms with van der Waals surface area (Å²) < 4.78 is 8.59. The molecule has 4 aromatic carbocycles. The molecule has 1 aliphatic heterocycles. The number of benzene rings is 4. The summed E-state index contributed by atoms with van der Waals surface area (Å²) >= 11 is 0. The van der Waals surface area contributed by atoms with Crippen molar-refractivity contribution in [1.82, 2.24) is 0 Å². The van der Waals surface area contributed by atoms with Crippen molar-refractivity contribution in [2.24, 2.45) is 0 Å². The largest absolute Gasteiger partial charge is 0.624 e. The van der Waals surface area contributed by atoms with Gasteiger partial charge in [-0.2, -0.15) is 16.4 Å². The molecule has 0 radical (unpaired) electrons. The van der Waals surface area contributed by atoms with E-state index in [1.54, 1.807) is 5.30 Å². The molecule has 0 saturated heterocycles. The van der Waals surface area contributed by atoms with E-state index in [2.05, 4.69) is 194 Å². The van der Waals surface area contributed by atoms with Crippen molar-refractivity contribution in [3.63, 3.8) is 0 Å². The van der Waals surface area contributed by atoms with Crippen LogP contribution in [0.1, 0.15) is 96.9 Å². The summed E-state index contributed by atoms with van der Waals surface area (Å²) in [5, 5.41) is 3.09. The van der Waals surface area contributed by atoms with Gasteiger partial charge in [0.25, 0.3) is 0 Å². The first-order chi connectivity index (χ1) is 24.1. The number of hydrogen-bond donors (Lipinski definition) is 0. The summed E-state index contributed by atoms with van der Waals surface area (Å²) in [7, 11) is -3.25. The highest BCUT2D eigenvalue weighted by Crippen LogP contribution is 2.47. The quantitative estimate of drug-likeness (QED) is 0.0990. The zero-order valence-corrected chi connectivity index (χ0v) is 37.0. The molecule has 0 spiro atoms. The van der Waals surface area contributed by atoms with E-state index in [0.29, 0.717) is 39.3 Å². The van der Waals surface area contributed by atoms with Gasteiger partial charge in [-0.25, -0.2) is 0 Å². The van der Waals surface area contributed by atoms with E-state index >= 15 is 0 Å². The standard InChI is InChI=1S/C45H65B2OP2Si/c1-31(2)49(32(3)4)44-29-21-17-25-40(44)46-38-23-15-18-26-41(38)47(42-27-19-16-24-39(42)46,48-51(35(9)10,36(11)12)37(13)14)43-28-20-22-30-45(43)50(33(5)6)34(7)8/h15-37H,1-14H3/q-1. The third-order valence-corrected chi connectivity index (χ3v) is 24.5. The zero-order chi connectivity index (χ0) is 37.4. The SMILES string of the molecule is CC(C)P(c1ccccc1B1c2ccccc2[B-](O[Si](C(C)C)(C(C)C)C(C)C)(c2ccccc2P(C(C)C)C(C)C)c2ccccc21)C(C)C. The molecular weight excluding hydrogens is 668 g/mol. The van der Waals surface area contributed by atoms with E-state index in [0.717, 1.165) is 0 Å². The topological polar surface area (TPSA) is 9.23 Å². The number of fused-ring (bicyclic) bond motifs is 2. The maximum absolute atomic E-state index is 8.59. The van der Waals surface area contributed by atoms with Crippen LogP contribution in [0.5, 0.6) is 0 Å². The van der Waals surface area contributed by atoms with Crippen molar-refractivity contribution in [3.05, 3.63) is 97.1 Å². The predicted molar refractivity (Wildman–Crippen MR) is 241 cm³/mol. The van der Waals surface area contributed by atoms with Gasteiger partial charge in [0.2, 0.25) is 6.71 Å². The lowest BCUT2D eigenvalue weighted by Gasteiger charge is -2.60. The van der Waals surface area contributed by atoms with Gasteiger partial charge in [-0.05, 0) is 44.6 Å². The van der Waals surface area contributed by atoms with Crippen LogP contribution in [0.15, 0.2) is 97.1 Å². The van der Waals surface area contributed by atoms with Gasteiger partial charge < -0.3 is 4.34 Å². The molecule has 0 bridgehead atoms. The molecule has 1 heterocycles. The second-order valence-corrected chi connectivity index (χ2v) is 29.4. The Morgan fingerprint density at radius 3 is 1.18 bits per heavy atom. The summed E-state index contributed by atoms with van der Waals surface area (Å²) in [4.78, 5) is 0. The van der Waals surface area contributed by atoms with Crippen molar-refractivity contribution >= 4 is 80.6 Å². The highest BCUT2D eigenvalue weighted by molar-refractivity contribution is 7.68. The summed E-state index contributed by atoms with van der Waals surface area (Å²) in [5.41, 5.74) is 12.3. The van der Waals surface area contributed by atoms with E-state index in [1.165, 1.54) is 38.1 Å². The van der Waals surface area contributed by atoms with E-state index in [9.17, 15) is 0 Å². The van der Waals surface area contributed by atoms with Crippen LogP contribution in [0.2, 0.25) is 16.6 Å². The molecule has 5 rings (SSSR count). The third kappa shape index (κ3) is 7.07. The van der Waals surface area contributed by atoms with Crippen LogP contribution in [0.4, 0.5) is 0 Å². The van der Waals surface area contributed by atoms with E-state index in [4.69, 9.17) is 4.34 Å². The average Bonchev–Trinajstić information content (AvgIpc) is 3.06. The minimum Gasteiger partial charge on any atom is -0.624 e. The van der Waals surface area contributed by atoms with Crippen LogP contribution in [-0.2, 0) is 4.34 Å². The van der Waals surface area contributed by atoms with Crippen LogP contribution < -0.4 is 43.4 Å². The molecule has 6 heteroatoms. The second kappa shape index (κ2) is 16.2.